The molecule has 1 aromatic rings. The molecule has 0 radical (unpaired) electrons. The molecule has 0 aliphatic heterocycles. The highest BCUT2D eigenvalue weighted by Crippen LogP contribution is 2.15. The zero-order valence-corrected chi connectivity index (χ0v) is 15.3. The van der Waals surface area contributed by atoms with E-state index >= 15 is 0 Å². The van der Waals surface area contributed by atoms with Crippen molar-refractivity contribution in [2.75, 3.05) is 18.1 Å². The third-order valence-corrected chi connectivity index (χ3v) is 6.38. The Labute approximate surface area is 136 Å². The molecule has 0 aliphatic carbocycles. The minimum atomic E-state index is -3.22. The second kappa shape index (κ2) is 7.41. The summed E-state index contributed by atoms with van der Waals surface area (Å²) in [6.45, 7) is 8.81. The van der Waals surface area contributed by atoms with E-state index in [1.54, 1.807) is 20.8 Å². The third-order valence-electron chi connectivity index (χ3n) is 2.92. The normalized spacial score (nSPS) is 12.2. The number of aromatic nitrogens is 2. The zero-order chi connectivity index (χ0) is 17.0. The van der Waals surface area contributed by atoms with E-state index in [9.17, 15) is 13.2 Å². The largest absolute Gasteiger partial charge is 0.354 e. The van der Waals surface area contributed by atoms with E-state index in [1.807, 2.05) is 19.9 Å². The van der Waals surface area contributed by atoms with Crippen LogP contribution in [-0.2, 0) is 14.6 Å². The molecule has 0 fully saturated rings. The SMILES string of the molecule is Cc1cc(C)nc(SCC(=O)NCCS(=O)(=O)C(C)(C)C)n1. The van der Waals surface area contributed by atoms with Crippen molar-refractivity contribution in [3.8, 4) is 0 Å². The van der Waals surface area contributed by atoms with Gasteiger partial charge in [-0.1, -0.05) is 11.8 Å². The summed E-state index contributed by atoms with van der Waals surface area (Å²) in [5, 5.41) is 3.17. The molecule has 6 nitrogen and oxygen atoms in total. The van der Waals surface area contributed by atoms with Crippen LogP contribution >= 0.6 is 11.8 Å². The zero-order valence-electron chi connectivity index (χ0n) is 13.6. The van der Waals surface area contributed by atoms with Gasteiger partial charge in [-0.25, -0.2) is 18.4 Å². The molecule has 1 amide bonds. The van der Waals surface area contributed by atoms with Crippen LogP contribution < -0.4 is 5.32 Å². The number of thioether (sulfide) groups is 1. The molecule has 8 heteroatoms. The van der Waals surface area contributed by atoms with Crippen LogP contribution in [0.1, 0.15) is 32.2 Å². The molecule has 124 valence electrons. The Bertz CT molecular complexity index is 617. The van der Waals surface area contributed by atoms with Gasteiger partial charge in [0, 0.05) is 17.9 Å². The number of rotatable bonds is 6. The van der Waals surface area contributed by atoms with Gasteiger partial charge in [-0.15, -0.1) is 0 Å². The van der Waals surface area contributed by atoms with Crippen molar-refractivity contribution in [3.63, 3.8) is 0 Å². The van der Waals surface area contributed by atoms with E-state index in [1.165, 1.54) is 11.8 Å². The average molecular weight is 345 g/mol. The summed E-state index contributed by atoms with van der Waals surface area (Å²) >= 11 is 1.24. The number of nitrogens with one attached hydrogen (secondary N) is 1. The lowest BCUT2D eigenvalue weighted by atomic mass is 10.3. The summed E-state index contributed by atoms with van der Waals surface area (Å²) in [6, 6.07) is 1.86. The molecule has 0 aliphatic rings. The van der Waals surface area contributed by atoms with Gasteiger partial charge in [-0.2, -0.15) is 0 Å². The molecule has 22 heavy (non-hydrogen) atoms. The van der Waals surface area contributed by atoms with Crippen LogP contribution in [0, 0.1) is 13.8 Å². The van der Waals surface area contributed by atoms with E-state index in [0.29, 0.717) is 5.16 Å². The van der Waals surface area contributed by atoms with Crippen molar-refractivity contribution >= 4 is 27.5 Å². The maximum absolute atomic E-state index is 11.9. The third kappa shape index (κ3) is 5.92. The summed E-state index contributed by atoms with van der Waals surface area (Å²) in [5.41, 5.74) is 1.71. The number of amides is 1. The van der Waals surface area contributed by atoms with Gasteiger partial charge in [0.2, 0.25) is 5.91 Å². The summed E-state index contributed by atoms with van der Waals surface area (Å²) in [4.78, 5) is 20.2. The molecule has 0 saturated heterocycles. The number of hydrogen-bond acceptors (Lipinski definition) is 6. The predicted molar refractivity (Wildman–Crippen MR) is 88.8 cm³/mol. The van der Waals surface area contributed by atoms with E-state index in [4.69, 9.17) is 0 Å². The number of aryl methyl sites for hydroxylation is 2. The van der Waals surface area contributed by atoms with Crippen LogP contribution in [0.3, 0.4) is 0 Å². The monoisotopic (exact) mass is 345 g/mol. The molecule has 0 bridgehead atoms. The first-order valence-corrected chi connectivity index (χ1v) is 9.59. The summed E-state index contributed by atoms with van der Waals surface area (Å²) in [7, 11) is -3.22. The van der Waals surface area contributed by atoms with E-state index in [-0.39, 0.29) is 24.0 Å². The van der Waals surface area contributed by atoms with Gasteiger partial charge in [-0.3, -0.25) is 4.79 Å². The molecule has 0 saturated carbocycles. The highest BCUT2D eigenvalue weighted by molar-refractivity contribution is 7.99. The van der Waals surface area contributed by atoms with Crippen molar-refractivity contribution in [1.82, 2.24) is 15.3 Å². The van der Waals surface area contributed by atoms with E-state index in [0.717, 1.165) is 11.4 Å². The number of hydrogen-bond donors (Lipinski definition) is 1. The average Bonchev–Trinajstić information content (AvgIpc) is 2.33. The van der Waals surface area contributed by atoms with Gasteiger partial charge in [0.15, 0.2) is 15.0 Å². The number of carbonyl (C=O) groups is 1. The Morgan fingerprint density at radius 3 is 2.27 bits per heavy atom. The molecule has 1 aromatic heterocycles. The Balaban J connectivity index is 2.42. The molecular weight excluding hydrogens is 322 g/mol. The second-order valence-corrected chi connectivity index (χ2v) is 9.81. The maximum atomic E-state index is 11.9. The van der Waals surface area contributed by atoms with Gasteiger partial charge < -0.3 is 5.32 Å². The van der Waals surface area contributed by atoms with Crippen LogP contribution in [0.5, 0.6) is 0 Å². The van der Waals surface area contributed by atoms with Crippen molar-refractivity contribution < 1.29 is 13.2 Å². The Morgan fingerprint density at radius 1 is 1.23 bits per heavy atom. The lowest BCUT2D eigenvalue weighted by molar-refractivity contribution is -0.118. The molecule has 0 aromatic carbocycles. The molecular formula is C14H23N3O3S2. The topological polar surface area (TPSA) is 89.0 Å². The summed E-state index contributed by atoms with van der Waals surface area (Å²) in [5.74, 6) is -0.123. The van der Waals surface area contributed by atoms with E-state index < -0.39 is 14.6 Å². The fourth-order valence-corrected chi connectivity index (χ4v) is 3.33. The lowest BCUT2D eigenvalue weighted by Gasteiger charge is -2.19. The van der Waals surface area contributed by atoms with Gasteiger partial charge >= 0.3 is 0 Å². The molecule has 1 N–H and O–H groups in total. The fourth-order valence-electron chi connectivity index (χ4n) is 1.57. The van der Waals surface area contributed by atoms with Crippen LogP contribution in [-0.4, -0.2) is 47.1 Å². The molecule has 0 atom stereocenters. The van der Waals surface area contributed by atoms with Gasteiger partial charge in [0.05, 0.1) is 16.3 Å². The highest BCUT2D eigenvalue weighted by atomic mass is 32.2. The van der Waals surface area contributed by atoms with Crippen LogP contribution in [0.15, 0.2) is 11.2 Å². The standard InChI is InChI=1S/C14H23N3O3S2/c1-10-8-11(2)17-13(16-10)21-9-12(18)15-6-7-22(19,20)14(3,4)5/h8H,6-7,9H2,1-5H3,(H,15,18). The first kappa shape index (κ1) is 18.9. The van der Waals surface area contributed by atoms with Crippen molar-refractivity contribution in [1.29, 1.82) is 0 Å². The van der Waals surface area contributed by atoms with Crippen LogP contribution in [0.25, 0.3) is 0 Å². The van der Waals surface area contributed by atoms with E-state index in [2.05, 4.69) is 15.3 Å². The van der Waals surface area contributed by atoms with Crippen LogP contribution in [0.4, 0.5) is 0 Å². The first-order chi connectivity index (χ1) is 10.0. The number of carbonyl (C=O) groups excluding carboxylic acids is 1. The lowest BCUT2D eigenvalue weighted by Crippen LogP contribution is -2.37. The smallest absolute Gasteiger partial charge is 0.230 e. The molecule has 1 heterocycles. The number of nitrogens with zero attached hydrogens (tertiary/aromatic N) is 2. The van der Waals surface area contributed by atoms with Gasteiger partial charge in [-0.05, 0) is 40.7 Å². The maximum Gasteiger partial charge on any atom is 0.230 e. The minimum absolute atomic E-state index is 0.0625. The summed E-state index contributed by atoms with van der Waals surface area (Å²) < 4.78 is 23.0. The summed E-state index contributed by atoms with van der Waals surface area (Å²) in [6.07, 6.45) is 0. The molecule has 0 spiro atoms. The molecule has 1 rings (SSSR count). The minimum Gasteiger partial charge on any atom is -0.354 e. The first-order valence-electron chi connectivity index (χ1n) is 6.95. The number of sulfone groups is 1. The Hall–Kier alpha value is -1.15. The fraction of sp³-hybridized carbons (Fsp3) is 0.643. The van der Waals surface area contributed by atoms with Crippen molar-refractivity contribution in [3.05, 3.63) is 17.5 Å². The van der Waals surface area contributed by atoms with Gasteiger partial charge in [0.25, 0.3) is 0 Å². The predicted octanol–water partition coefficient (Wildman–Crippen LogP) is 1.52. The Kier molecular flexibility index (Phi) is 6.37. The van der Waals surface area contributed by atoms with Gasteiger partial charge in [0.1, 0.15) is 0 Å². The Morgan fingerprint density at radius 2 is 1.77 bits per heavy atom. The van der Waals surface area contributed by atoms with Crippen molar-refractivity contribution in [2.24, 2.45) is 0 Å². The highest BCUT2D eigenvalue weighted by Gasteiger charge is 2.28. The molecule has 0 unspecified atom stereocenters. The van der Waals surface area contributed by atoms with Crippen molar-refractivity contribution in [2.45, 2.75) is 44.5 Å². The van der Waals surface area contributed by atoms with Crippen LogP contribution in [0.2, 0.25) is 0 Å². The quantitative estimate of drug-likeness (QED) is 0.621. The second-order valence-electron chi connectivity index (χ2n) is 6.00.